The number of nitrogens with zero attached hydrogens (tertiary/aromatic N) is 1. The van der Waals surface area contributed by atoms with Crippen molar-refractivity contribution in [2.45, 2.75) is 39.2 Å². The van der Waals surface area contributed by atoms with Gasteiger partial charge in [-0.1, -0.05) is 17.7 Å². The van der Waals surface area contributed by atoms with Crippen LogP contribution < -0.4 is 5.73 Å². The maximum Gasteiger partial charge on any atom is 0.254 e. The van der Waals surface area contributed by atoms with Crippen molar-refractivity contribution in [3.8, 4) is 0 Å². The van der Waals surface area contributed by atoms with Crippen LogP contribution in [0.1, 0.15) is 41.3 Å². The molecule has 0 saturated carbocycles. The van der Waals surface area contributed by atoms with Gasteiger partial charge in [-0.15, -0.1) is 0 Å². The minimum absolute atomic E-state index is 0.127. The summed E-state index contributed by atoms with van der Waals surface area (Å²) in [6, 6.07) is 6.03. The summed E-state index contributed by atoms with van der Waals surface area (Å²) >= 11 is 0. The summed E-state index contributed by atoms with van der Waals surface area (Å²) in [5.74, 6) is 0.127. The van der Waals surface area contributed by atoms with E-state index in [-0.39, 0.29) is 11.4 Å². The molecule has 1 amide bonds. The number of hydrogen-bond acceptors (Lipinski definition) is 2. The standard InChI is InChI=1S/C15H22N2O/c1-11-5-6-12(2)13(9-11)14(18)17-8-4-7-15(17,3)10-16/h5-6,9H,4,7-8,10,16H2,1-3H3. The van der Waals surface area contributed by atoms with Gasteiger partial charge in [-0.25, -0.2) is 0 Å². The molecule has 0 radical (unpaired) electrons. The molecule has 1 fully saturated rings. The molecular formula is C15H22N2O. The van der Waals surface area contributed by atoms with Gasteiger partial charge in [0.05, 0.1) is 5.54 Å². The van der Waals surface area contributed by atoms with Gasteiger partial charge in [0.25, 0.3) is 5.91 Å². The Labute approximate surface area is 109 Å². The van der Waals surface area contributed by atoms with Crippen LogP contribution in [0.4, 0.5) is 0 Å². The smallest absolute Gasteiger partial charge is 0.254 e. The second kappa shape index (κ2) is 4.73. The number of nitrogens with two attached hydrogens (primary N) is 1. The maximum atomic E-state index is 12.7. The predicted octanol–water partition coefficient (Wildman–Crippen LogP) is 2.26. The van der Waals surface area contributed by atoms with Crippen molar-refractivity contribution in [3.63, 3.8) is 0 Å². The quantitative estimate of drug-likeness (QED) is 0.870. The number of carbonyl (C=O) groups is 1. The van der Waals surface area contributed by atoms with Crippen LogP contribution in [0.15, 0.2) is 18.2 Å². The Balaban J connectivity index is 2.34. The molecule has 18 heavy (non-hydrogen) atoms. The minimum Gasteiger partial charge on any atom is -0.332 e. The van der Waals surface area contributed by atoms with Gasteiger partial charge in [-0.05, 0) is 45.2 Å². The molecule has 1 atom stereocenters. The SMILES string of the molecule is Cc1ccc(C)c(C(=O)N2CCCC2(C)CN)c1. The molecule has 2 N–H and O–H groups in total. The van der Waals surface area contributed by atoms with Crippen LogP contribution in [0.25, 0.3) is 0 Å². The average Bonchev–Trinajstić information content (AvgIpc) is 2.74. The third-order valence-corrected chi connectivity index (χ3v) is 4.06. The Morgan fingerprint density at radius 2 is 2.17 bits per heavy atom. The van der Waals surface area contributed by atoms with E-state index in [1.54, 1.807) is 0 Å². The van der Waals surface area contributed by atoms with E-state index in [9.17, 15) is 4.79 Å². The fourth-order valence-corrected chi connectivity index (χ4v) is 2.69. The highest BCUT2D eigenvalue weighted by atomic mass is 16.2. The van der Waals surface area contributed by atoms with E-state index >= 15 is 0 Å². The van der Waals surface area contributed by atoms with Crippen molar-refractivity contribution in [2.75, 3.05) is 13.1 Å². The van der Waals surface area contributed by atoms with Gasteiger partial charge in [-0.2, -0.15) is 0 Å². The largest absolute Gasteiger partial charge is 0.332 e. The highest BCUT2D eigenvalue weighted by Gasteiger charge is 2.38. The van der Waals surface area contributed by atoms with Crippen LogP contribution in [0.3, 0.4) is 0 Å². The van der Waals surface area contributed by atoms with Crippen LogP contribution in [0.2, 0.25) is 0 Å². The molecule has 0 aromatic heterocycles. The van der Waals surface area contributed by atoms with Crippen LogP contribution in [0.5, 0.6) is 0 Å². The van der Waals surface area contributed by atoms with Crippen molar-refractivity contribution in [1.82, 2.24) is 4.90 Å². The summed E-state index contributed by atoms with van der Waals surface area (Å²) in [5.41, 5.74) is 8.65. The highest BCUT2D eigenvalue weighted by molar-refractivity contribution is 5.96. The Hall–Kier alpha value is -1.35. The minimum atomic E-state index is -0.173. The topological polar surface area (TPSA) is 46.3 Å². The first kappa shape index (κ1) is 13.1. The first-order valence-corrected chi connectivity index (χ1v) is 6.57. The Morgan fingerprint density at radius 1 is 1.44 bits per heavy atom. The molecule has 0 aliphatic carbocycles. The summed E-state index contributed by atoms with van der Waals surface area (Å²) in [6.07, 6.45) is 2.05. The number of aryl methyl sites for hydroxylation is 2. The average molecular weight is 246 g/mol. The summed E-state index contributed by atoms with van der Waals surface area (Å²) in [4.78, 5) is 14.6. The van der Waals surface area contributed by atoms with E-state index in [0.29, 0.717) is 6.54 Å². The lowest BCUT2D eigenvalue weighted by Gasteiger charge is -2.34. The van der Waals surface area contributed by atoms with Crippen molar-refractivity contribution < 1.29 is 4.79 Å². The number of benzene rings is 1. The zero-order valence-corrected chi connectivity index (χ0v) is 11.5. The van der Waals surface area contributed by atoms with Gasteiger partial charge in [0.1, 0.15) is 0 Å². The Morgan fingerprint density at radius 3 is 2.83 bits per heavy atom. The lowest BCUT2D eigenvalue weighted by molar-refractivity contribution is 0.0636. The monoisotopic (exact) mass is 246 g/mol. The second-order valence-corrected chi connectivity index (χ2v) is 5.58. The molecule has 3 nitrogen and oxygen atoms in total. The lowest BCUT2D eigenvalue weighted by Crippen LogP contribution is -2.50. The van der Waals surface area contributed by atoms with Gasteiger partial charge < -0.3 is 10.6 Å². The molecule has 1 unspecified atom stereocenters. The Kier molecular flexibility index (Phi) is 3.44. The third-order valence-electron chi connectivity index (χ3n) is 4.06. The second-order valence-electron chi connectivity index (χ2n) is 5.58. The molecule has 3 heteroatoms. The molecule has 0 bridgehead atoms. The van der Waals surface area contributed by atoms with Crippen LogP contribution in [-0.2, 0) is 0 Å². The van der Waals surface area contributed by atoms with Gasteiger partial charge in [-0.3, -0.25) is 4.79 Å². The zero-order valence-electron chi connectivity index (χ0n) is 11.5. The highest BCUT2D eigenvalue weighted by Crippen LogP contribution is 2.30. The van der Waals surface area contributed by atoms with Crippen molar-refractivity contribution >= 4 is 5.91 Å². The summed E-state index contributed by atoms with van der Waals surface area (Å²) in [6.45, 7) is 7.44. The van der Waals surface area contributed by atoms with Crippen molar-refractivity contribution in [3.05, 3.63) is 34.9 Å². The van der Waals surface area contributed by atoms with Crippen LogP contribution in [-0.4, -0.2) is 29.4 Å². The molecule has 1 saturated heterocycles. The normalized spacial score (nSPS) is 23.4. The maximum absolute atomic E-state index is 12.7. The summed E-state index contributed by atoms with van der Waals surface area (Å²) < 4.78 is 0. The number of amides is 1. The molecule has 1 aliphatic rings. The fourth-order valence-electron chi connectivity index (χ4n) is 2.69. The fraction of sp³-hybridized carbons (Fsp3) is 0.533. The van der Waals surface area contributed by atoms with E-state index in [4.69, 9.17) is 5.73 Å². The molecule has 0 spiro atoms. The van der Waals surface area contributed by atoms with Gasteiger partial charge in [0, 0.05) is 18.7 Å². The number of hydrogen-bond donors (Lipinski definition) is 1. The predicted molar refractivity (Wildman–Crippen MR) is 73.6 cm³/mol. The first-order chi connectivity index (χ1) is 8.48. The number of likely N-dealkylation sites (tertiary alicyclic amines) is 1. The van der Waals surface area contributed by atoms with E-state index < -0.39 is 0 Å². The van der Waals surface area contributed by atoms with Crippen LogP contribution in [0, 0.1) is 13.8 Å². The van der Waals surface area contributed by atoms with E-state index in [2.05, 4.69) is 6.92 Å². The van der Waals surface area contributed by atoms with Gasteiger partial charge in [0.2, 0.25) is 0 Å². The summed E-state index contributed by atoms with van der Waals surface area (Å²) in [5, 5.41) is 0. The van der Waals surface area contributed by atoms with E-state index in [1.807, 2.05) is 36.9 Å². The molecule has 1 heterocycles. The molecular weight excluding hydrogens is 224 g/mol. The van der Waals surface area contributed by atoms with Gasteiger partial charge in [0.15, 0.2) is 0 Å². The lowest BCUT2D eigenvalue weighted by atomic mass is 9.97. The summed E-state index contributed by atoms with van der Waals surface area (Å²) in [7, 11) is 0. The van der Waals surface area contributed by atoms with Crippen LogP contribution >= 0.6 is 0 Å². The number of carbonyl (C=O) groups excluding carboxylic acids is 1. The van der Waals surface area contributed by atoms with Crippen molar-refractivity contribution in [2.24, 2.45) is 5.73 Å². The van der Waals surface area contributed by atoms with E-state index in [1.165, 1.54) is 0 Å². The molecule has 2 rings (SSSR count). The van der Waals surface area contributed by atoms with Gasteiger partial charge >= 0.3 is 0 Å². The van der Waals surface area contributed by atoms with E-state index in [0.717, 1.165) is 36.1 Å². The first-order valence-electron chi connectivity index (χ1n) is 6.57. The molecule has 98 valence electrons. The Bertz CT molecular complexity index is 470. The molecule has 1 aromatic rings. The number of rotatable bonds is 2. The molecule has 1 aromatic carbocycles. The third kappa shape index (κ3) is 2.15. The molecule has 1 aliphatic heterocycles. The zero-order chi connectivity index (χ0) is 13.3. The van der Waals surface area contributed by atoms with Crippen molar-refractivity contribution in [1.29, 1.82) is 0 Å².